The van der Waals surface area contributed by atoms with Crippen LogP contribution in [0.3, 0.4) is 0 Å². The van der Waals surface area contributed by atoms with Crippen molar-refractivity contribution in [2.45, 2.75) is 52.4 Å². The van der Waals surface area contributed by atoms with Crippen LogP contribution < -0.4 is 0 Å². The van der Waals surface area contributed by atoms with Crippen LogP contribution in [-0.2, 0) is 0 Å². The Morgan fingerprint density at radius 3 is 2.82 bits per heavy atom. The lowest BCUT2D eigenvalue weighted by Crippen LogP contribution is -2.02. The van der Waals surface area contributed by atoms with Crippen molar-refractivity contribution >= 4 is 0 Å². The minimum Gasteiger partial charge on any atom is -0.0628 e. The third kappa shape index (κ3) is 3.79. The van der Waals surface area contributed by atoms with Gasteiger partial charge in [-0.3, -0.25) is 0 Å². The van der Waals surface area contributed by atoms with Gasteiger partial charge in [0.1, 0.15) is 0 Å². The summed E-state index contributed by atoms with van der Waals surface area (Å²) >= 11 is 0. The van der Waals surface area contributed by atoms with E-state index in [1.807, 2.05) is 0 Å². The smallest absolute Gasteiger partial charge is 0.0386 e. The van der Waals surface area contributed by atoms with Gasteiger partial charge < -0.3 is 0 Å². The van der Waals surface area contributed by atoms with Gasteiger partial charge >= 0.3 is 0 Å². The lowest BCUT2D eigenvalue weighted by atomic mass is 9.91. The Labute approximate surface area is 71.4 Å². The molecule has 1 unspecified atom stereocenters. The first kappa shape index (κ1) is 9.09. The van der Waals surface area contributed by atoms with Gasteiger partial charge in [-0.2, -0.15) is 0 Å². The van der Waals surface area contributed by atoms with Crippen LogP contribution in [0.4, 0.5) is 0 Å². The average molecular weight is 153 g/mol. The summed E-state index contributed by atoms with van der Waals surface area (Å²) < 4.78 is 0. The molecule has 0 N–H and O–H groups in total. The zero-order valence-corrected chi connectivity index (χ0v) is 7.97. The highest BCUT2D eigenvalue weighted by Crippen LogP contribution is 2.27. The molecule has 1 saturated carbocycles. The van der Waals surface area contributed by atoms with Crippen molar-refractivity contribution in [2.24, 2.45) is 11.8 Å². The Balaban J connectivity index is 2.20. The highest BCUT2D eigenvalue weighted by molar-refractivity contribution is 4.74. The van der Waals surface area contributed by atoms with Crippen molar-refractivity contribution in [1.29, 1.82) is 0 Å². The van der Waals surface area contributed by atoms with Crippen LogP contribution in [0.2, 0.25) is 0 Å². The molecular weight excluding hydrogens is 132 g/mol. The van der Waals surface area contributed by atoms with Gasteiger partial charge in [-0.05, 0) is 31.1 Å². The van der Waals surface area contributed by atoms with Gasteiger partial charge in [-0.25, -0.2) is 0 Å². The van der Waals surface area contributed by atoms with Crippen LogP contribution in [0.5, 0.6) is 0 Å². The zero-order valence-electron chi connectivity index (χ0n) is 7.97. The molecule has 1 radical (unpaired) electrons. The van der Waals surface area contributed by atoms with E-state index in [1.165, 1.54) is 38.5 Å². The fraction of sp³-hybridized carbons (Fsp3) is 0.909. The normalized spacial score (nSPS) is 22.1. The first-order chi connectivity index (χ1) is 5.29. The van der Waals surface area contributed by atoms with Gasteiger partial charge in [0.15, 0.2) is 0 Å². The highest BCUT2D eigenvalue weighted by Gasteiger charge is 2.12. The monoisotopic (exact) mass is 153 g/mol. The standard InChI is InChI=1S/C11H21/c1-10(2)9-11-7-5-3-4-6-8-11/h3,10-11H,4-9H2,1-2H3. The summed E-state index contributed by atoms with van der Waals surface area (Å²) in [6.07, 6.45) is 11.0. The van der Waals surface area contributed by atoms with E-state index in [4.69, 9.17) is 0 Å². The molecule has 11 heavy (non-hydrogen) atoms. The minimum atomic E-state index is 0.901. The number of hydrogen-bond acceptors (Lipinski definition) is 0. The SMILES string of the molecule is CC(C)CC1CC[CH]CCC1. The summed E-state index contributed by atoms with van der Waals surface area (Å²) in [6.45, 7) is 4.68. The summed E-state index contributed by atoms with van der Waals surface area (Å²) in [4.78, 5) is 0. The first-order valence-corrected chi connectivity index (χ1v) is 5.10. The van der Waals surface area contributed by atoms with E-state index in [9.17, 15) is 0 Å². The van der Waals surface area contributed by atoms with Gasteiger partial charge in [0.05, 0.1) is 0 Å². The molecule has 0 heterocycles. The van der Waals surface area contributed by atoms with Crippen LogP contribution in [0, 0.1) is 18.3 Å². The summed E-state index contributed by atoms with van der Waals surface area (Å²) in [5.74, 6) is 1.94. The zero-order chi connectivity index (χ0) is 8.10. The topological polar surface area (TPSA) is 0 Å². The van der Waals surface area contributed by atoms with Crippen LogP contribution >= 0.6 is 0 Å². The fourth-order valence-corrected chi connectivity index (χ4v) is 2.10. The van der Waals surface area contributed by atoms with E-state index in [0.717, 1.165) is 11.8 Å². The minimum absolute atomic E-state index is 0.901. The highest BCUT2D eigenvalue weighted by atomic mass is 14.2. The Morgan fingerprint density at radius 2 is 2.09 bits per heavy atom. The van der Waals surface area contributed by atoms with Crippen molar-refractivity contribution in [3.8, 4) is 0 Å². The van der Waals surface area contributed by atoms with Crippen molar-refractivity contribution in [1.82, 2.24) is 0 Å². The average Bonchev–Trinajstić information content (AvgIpc) is 2.14. The molecule has 1 fully saturated rings. The predicted molar refractivity (Wildman–Crippen MR) is 50.3 cm³/mol. The van der Waals surface area contributed by atoms with Crippen LogP contribution in [-0.4, -0.2) is 0 Å². The molecule has 1 rings (SSSR count). The summed E-state index contributed by atoms with van der Waals surface area (Å²) in [5.41, 5.74) is 0. The van der Waals surface area contributed by atoms with Crippen molar-refractivity contribution in [3.05, 3.63) is 6.42 Å². The quantitative estimate of drug-likeness (QED) is 0.529. The molecule has 1 aliphatic carbocycles. The lowest BCUT2D eigenvalue weighted by molar-refractivity contribution is 0.371. The fourth-order valence-electron chi connectivity index (χ4n) is 2.10. The second-order valence-corrected chi connectivity index (χ2v) is 4.29. The van der Waals surface area contributed by atoms with E-state index < -0.39 is 0 Å². The van der Waals surface area contributed by atoms with E-state index in [-0.39, 0.29) is 0 Å². The molecule has 65 valence electrons. The molecule has 0 saturated heterocycles. The van der Waals surface area contributed by atoms with Crippen molar-refractivity contribution < 1.29 is 0 Å². The van der Waals surface area contributed by atoms with Crippen LogP contribution in [0.15, 0.2) is 0 Å². The molecule has 0 spiro atoms. The molecule has 0 nitrogen and oxygen atoms in total. The van der Waals surface area contributed by atoms with Crippen molar-refractivity contribution in [3.63, 3.8) is 0 Å². The molecule has 1 atom stereocenters. The second-order valence-electron chi connectivity index (χ2n) is 4.29. The maximum absolute atomic E-state index is 2.47. The summed E-state index contributed by atoms with van der Waals surface area (Å²) in [5, 5.41) is 0. The Hall–Kier alpha value is 0. The van der Waals surface area contributed by atoms with Crippen LogP contribution in [0.1, 0.15) is 52.4 Å². The summed E-state index contributed by atoms with van der Waals surface area (Å²) in [6, 6.07) is 0. The number of rotatable bonds is 2. The molecule has 0 aromatic rings. The second kappa shape index (κ2) is 4.79. The summed E-state index contributed by atoms with van der Waals surface area (Å²) in [7, 11) is 0. The molecule has 0 amide bonds. The molecule has 0 heteroatoms. The van der Waals surface area contributed by atoms with E-state index in [2.05, 4.69) is 20.3 Å². The maximum Gasteiger partial charge on any atom is -0.0386 e. The molecule has 1 aliphatic rings. The largest absolute Gasteiger partial charge is 0.0628 e. The van der Waals surface area contributed by atoms with E-state index >= 15 is 0 Å². The first-order valence-electron chi connectivity index (χ1n) is 5.10. The molecule has 0 aromatic carbocycles. The molecular formula is C11H21. The third-order valence-corrected chi connectivity index (χ3v) is 2.60. The third-order valence-electron chi connectivity index (χ3n) is 2.60. The lowest BCUT2D eigenvalue weighted by Gasteiger charge is -2.15. The van der Waals surface area contributed by atoms with Gasteiger partial charge in [0.2, 0.25) is 0 Å². The van der Waals surface area contributed by atoms with Gasteiger partial charge in [0, 0.05) is 0 Å². The maximum atomic E-state index is 2.47. The van der Waals surface area contributed by atoms with Gasteiger partial charge in [0.25, 0.3) is 0 Å². The Bertz CT molecular complexity index is 86.2. The molecule has 0 aromatic heterocycles. The predicted octanol–water partition coefficient (Wildman–Crippen LogP) is 3.82. The van der Waals surface area contributed by atoms with Gasteiger partial charge in [-0.1, -0.05) is 39.5 Å². The Kier molecular flexibility index (Phi) is 3.96. The number of hydrogen-bond donors (Lipinski definition) is 0. The Morgan fingerprint density at radius 1 is 1.27 bits per heavy atom. The van der Waals surface area contributed by atoms with E-state index in [0.29, 0.717) is 0 Å². The van der Waals surface area contributed by atoms with E-state index in [1.54, 1.807) is 0 Å². The molecule has 0 bridgehead atoms. The molecule has 0 aliphatic heterocycles. The van der Waals surface area contributed by atoms with Crippen molar-refractivity contribution in [2.75, 3.05) is 0 Å². The van der Waals surface area contributed by atoms with Crippen LogP contribution in [0.25, 0.3) is 0 Å². The van der Waals surface area contributed by atoms with Gasteiger partial charge in [-0.15, -0.1) is 0 Å².